The van der Waals surface area contributed by atoms with Crippen molar-refractivity contribution < 1.29 is 9.94 Å². The third-order valence-electron chi connectivity index (χ3n) is 2.89. The van der Waals surface area contributed by atoms with E-state index in [2.05, 4.69) is 15.0 Å². The van der Waals surface area contributed by atoms with E-state index in [1.807, 2.05) is 26.8 Å². The third-order valence-corrected chi connectivity index (χ3v) is 2.89. The van der Waals surface area contributed by atoms with Gasteiger partial charge in [-0.25, -0.2) is 4.98 Å². The van der Waals surface area contributed by atoms with Crippen LogP contribution in [0.5, 0.6) is 0 Å². The Morgan fingerprint density at radius 2 is 2.26 bits per heavy atom. The molecule has 0 aliphatic heterocycles. The first kappa shape index (κ1) is 15.2. The van der Waals surface area contributed by atoms with Crippen molar-refractivity contribution in [3.8, 4) is 0 Å². The van der Waals surface area contributed by atoms with Crippen LogP contribution in [0.2, 0.25) is 0 Å². The highest BCUT2D eigenvalue weighted by Crippen LogP contribution is 2.20. The lowest BCUT2D eigenvalue weighted by molar-refractivity contribution is 0.154. The van der Waals surface area contributed by atoms with E-state index in [-0.39, 0.29) is 5.84 Å². The molecule has 1 rings (SSSR count). The molecule has 0 radical (unpaired) electrons. The number of nitrogens with zero attached hydrogens (tertiary/aromatic N) is 3. The van der Waals surface area contributed by atoms with Crippen LogP contribution in [0.1, 0.15) is 25.0 Å². The smallest absolute Gasteiger partial charge is 0.174 e. The lowest BCUT2D eigenvalue weighted by atomic mass is 10.1. The topological polar surface area (TPSA) is 84.0 Å². The molecule has 0 aromatic carbocycles. The van der Waals surface area contributed by atoms with Crippen molar-refractivity contribution in [1.82, 2.24) is 4.98 Å². The number of anilines is 1. The molecule has 106 valence electrons. The van der Waals surface area contributed by atoms with Crippen molar-refractivity contribution in [2.24, 2.45) is 10.9 Å². The van der Waals surface area contributed by atoms with Crippen molar-refractivity contribution >= 4 is 11.7 Å². The first-order valence-corrected chi connectivity index (χ1v) is 6.41. The summed E-state index contributed by atoms with van der Waals surface area (Å²) in [6.45, 7) is 8.70. The first-order valence-electron chi connectivity index (χ1n) is 6.41. The van der Waals surface area contributed by atoms with Crippen LogP contribution in [-0.2, 0) is 4.74 Å². The average molecular weight is 266 g/mol. The molecule has 6 heteroatoms. The number of amidine groups is 1. The number of oxime groups is 1. The van der Waals surface area contributed by atoms with Crippen LogP contribution < -0.4 is 10.6 Å². The molecule has 0 bridgehead atoms. The van der Waals surface area contributed by atoms with E-state index in [9.17, 15) is 0 Å². The highest BCUT2D eigenvalue weighted by molar-refractivity contribution is 6.02. The minimum absolute atomic E-state index is 0.0791. The quantitative estimate of drug-likeness (QED) is 0.256. The molecule has 1 aromatic heterocycles. The molecule has 6 nitrogen and oxygen atoms in total. The molecule has 0 saturated carbocycles. The van der Waals surface area contributed by atoms with Crippen LogP contribution in [0.4, 0.5) is 5.82 Å². The highest BCUT2D eigenvalue weighted by atomic mass is 16.5. The van der Waals surface area contributed by atoms with Crippen molar-refractivity contribution in [1.29, 1.82) is 0 Å². The molecular formula is C13H22N4O2. The summed E-state index contributed by atoms with van der Waals surface area (Å²) in [5, 5.41) is 12.0. The Labute approximate surface area is 113 Å². The molecule has 0 unspecified atom stereocenters. The maximum Gasteiger partial charge on any atom is 0.174 e. The normalized spacial score (nSPS) is 11.6. The number of nitrogens with two attached hydrogens (primary N) is 1. The van der Waals surface area contributed by atoms with E-state index < -0.39 is 0 Å². The summed E-state index contributed by atoms with van der Waals surface area (Å²) in [4.78, 5) is 6.41. The standard InChI is InChI=1S/C13H22N4O2/c1-4-17(8-9-19-5-2)13-11(12(14)16-18)10(3)6-7-15-13/h6-7,18H,4-5,8-9H2,1-3H3,(H2,14,16). The summed E-state index contributed by atoms with van der Waals surface area (Å²) >= 11 is 0. The van der Waals surface area contributed by atoms with Gasteiger partial charge in [-0.15, -0.1) is 0 Å². The summed E-state index contributed by atoms with van der Waals surface area (Å²) in [5.41, 5.74) is 7.34. The number of aromatic nitrogens is 1. The predicted molar refractivity (Wildman–Crippen MR) is 75.9 cm³/mol. The van der Waals surface area contributed by atoms with Gasteiger partial charge in [0.1, 0.15) is 5.82 Å². The predicted octanol–water partition coefficient (Wildman–Crippen LogP) is 1.35. The average Bonchev–Trinajstić information content (AvgIpc) is 2.43. The zero-order valence-corrected chi connectivity index (χ0v) is 11.8. The van der Waals surface area contributed by atoms with Crippen LogP contribution in [-0.4, -0.2) is 42.3 Å². The second-order valence-corrected chi connectivity index (χ2v) is 4.09. The number of pyridine rings is 1. The summed E-state index contributed by atoms with van der Waals surface area (Å²) in [7, 11) is 0. The molecule has 0 amide bonds. The Morgan fingerprint density at radius 1 is 1.53 bits per heavy atom. The van der Waals surface area contributed by atoms with Crippen LogP contribution in [0.15, 0.2) is 17.4 Å². The molecule has 1 heterocycles. The fourth-order valence-electron chi connectivity index (χ4n) is 1.88. The molecule has 0 aliphatic rings. The number of aryl methyl sites for hydroxylation is 1. The van der Waals surface area contributed by atoms with Gasteiger partial charge >= 0.3 is 0 Å². The van der Waals surface area contributed by atoms with E-state index in [1.165, 1.54) is 0 Å². The molecule has 1 aromatic rings. The zero-order chi connectivity index (χ0) is 14.3. The molecular weight excluding hydrogens is 244 g/mol. The van der Waals surface area contributed by atoms with Crippen molar-refractivity contribution in [2.45, 2.75) is 20.8 Å². The summed E-state index contributed by atoms with van der Waals surface area (Å²) in [5.74, 6) is 0.799. The summed E-state index contributed by atoms with van der Waals surface area (Å²) < 4.78 is 5.36. The Morgan fingerprint density at radius 3 is 2.84 bits per heavy atom. The third kappa shape index (κ3) is 3.82. The monoisotopic (exact) mass is 266 g/mol. The van der Waals surface area contributed by atoms with Crippen LogP contribution >= 0.6 is 0 Å². The Bertz CT molecular complexity index is 435. The van der Waals surface area contributed by atoms with Crippen molar-refractivity contribution in [3.05, 3.63) is 23.4 Å². The SMILES string of the molecule is CCOCCN(CC)c1nccc(C)c1/C(N)=N/O. The second kappa shape index (κ2) is 7.58. The van der Waals surface area contributed by atoms with Gasteiger partial charge in [0.25, 0.3) is 0 Å². The Kier molecular flexibility index (Phi) is 6.08. The van der Waals surface area contributed by atoms with Gasteiger partial charge in [0.2, 0.25) is 0 Å². The number of ether oxygens (including phenoxy) is 1. The number of rotatable bonds is 7. The highest BCUT2D eigenvalue weighted by Gasteiger charge is 2.16. The fraction of sp³-hybridized carbons (Fsp3) is 0.538. The number of hydrogen-bond acceptors (Lipinski definition) is 5. The van der Waals surface area contributed by atoms with Gasteiger partial charge in [0.15, 0.2) is 5.84 Å². The van der Waals surface area contributed by atoms with Gasteiger partial charge in [-0.05, 0) is 32.4 Å². The Balaban J connectivity index is 3.06. The van der Waals surface area contributed by atoms with Gasteiger partial charge in [-0.1, -0.05) is 5.16 Å². The van der Waals surface area contributed by atoms with Crippen LogP contribution in [0.3, 0.4) is 0 Å². The molecule has 3 N–H and O–H groups in total. The van der Waals surface area contributed by atoms with E-state index in [0.29, 0.717) is 25.3 Å². The first-order chi connectivity index (χ1) is 9.15. The van der Waals surface area contributed by atoms with Crippen molar-refractivity contribution in [3.63, 3.8) is 0 Å². The van der Waals surface area contributed by atoms with Gasteiger partial charge in [0.05, 0.1) is 12.2 Å². The Hall–Kier alpha value is -1.82. The summed E-state index contributed by atoms with van der Waals surface area (Å²) in [6, 6.07) is 1.84. The van der Waals surface area contributed by atoms with Crippen LogP contribution in [0, 0.1) is 6.92 Å². The van der Waals surface area contributed by atoms with Gasteiger partial charge in [-0.2, -0.15) is 0 Å². The van der Waals surface area contributed by atoms with E-state index in [4.69, 9.17) is 15.7 Å². The zero-order valence-electron chi connectivity index (χ0n) is 11.8. The molecule has 0 spiro atoms. The van der Waals surface area contributed by atoms with Gasteiger partial charge in [0, 0.05) is 25.9 Å². The van der Waals surface area contributed by atoms with E-state index in [1.54, 1.807) is 6.20 Å². The lowest BCUT2D eigenvalue weighted by Crippen LogP contribution is -2.31. The minimum Gasteiger partial charge on any atom is -0.409 e. The van der Waals surface area contributed by atoms with E-state index >= 15 is 0 Å². The molecule has 19 heavy (non-hydrogen) atoms. The maximum atomic E-state index is 8.90. The number of hydrogen-bond donors (Lipinski definition) is 2. The second-order valence-electron chi connectivity index (χ2n) is 4.09. The van der Waals surface area contributed by atoms with Gasteiger partial charge in [-0.3, -0.25) is 0 Å². The molecule has 0 atom stereocenters. The van der Waals surface area contributed by atoms with Crippen LogP contribution in [0.25, 0.3) is 0 Å². The molecule has 0 saturated heterocycles. The van der Waals surface area contributed by atoms with Crippen molar-refractivity contribution in [2.75, 3.05) is 31.2 Å². The molecule has 0 fully saturated rings. The molecule has 0 aliphatic carbocycles. The van der Waals surface area contributed by atoms with E-state index in [0.717, 1.165) is 17.9 Å². The largest absolute Gasteiger partial charge is 0.409 e. The lowest BCUT2D eigenvalue weighted by Gasteiger charge is -2.24. The van der Waals surface area contributed by atoms with Gasteiger partial charge < -0.3 is 20.6 Å². The minimum atomic E-state index is 0.0791. The fourth-order valence-corrected chi connectivity index (χ4v) is 1.88. The summed E-state index contributed by atoms with van der Waals surface area (Å²) in [6.07, 6.45) is 1.72. The number of likely N-dealkylation sites (N-methyl/N-ethyl adjacent to an activating group) is 1. The maximum absolute atomic E-state index is 8.90.